The van der Waals surface area contributed by atoms with Crippen LogP contribution >= 0.6 is 0 Å². The van der Waals surface area contributed by atoms with E-state index in [4.69, 9.17) is 0 Å². The summed E-state index contributed by atoms with van der Waals surface area (Å²) in [6.45, 7) is 2.18. The molecule has 0 aromatic carbocycles. The van der Waals surface area contributed by atoms with E-state index in [0.717, 1.165) is 19.1 Å². The first-order valence-corrected chi connectivity index (χ1v) is 9.78. The second kappa shape index (κ2) is 17.1. The molecule has 0 amide bonds. The van der Waals surface area contributed by atoms with Gasteiger partial charge in [-0.3, -0.25) is 20.2 Å². The topological polar surface area (TPSA) is 103 Å². The number of allylic oxidation sites excluding steroid dienone is 4. The lowest BCUT2D eigenvalue weighted by Crippen LogP contribution is -2.01. The van der Waals surface area contributed by atoms with Crippen LogP contribution in [-0.4, -0.2) is 16.1 Å². The van der Waals surface area contributed by atoms with Crippen LogP contribution in [0.2, 0.25) is 0 Å². The highest BCUT2D eigenvalue weighted by atomic mass is 16.6. The zero-order valence-electron chi connectivity index (χ0n) is 16.3. The molecule has 0 unspecified atom stereocenters. The zero-order valence-corrected chi connectivity index (χ0v) is 16.3. The highest BCUT2D eigenvalue weighted by Gasteiger charge is 2.13. The highest BCUT2D eigenvalue weighted by molar-refractivity contribution is 5.49. The van der Waals surface area contributed by atoms with Gasteiger partial charge in [-0.2, -0.15) is 0 Å². The van der Waals surface area contributed by atoms with Gasteiger partial charge in [0.25, 0.3) is 0 Å². The van der Waals surface area contributed by atoms with Gasteiger partial charge in [0.1, 0.15) is 6.29 Å². The third kappa shape index (κ3) is 14.5. The Bertz CT molecular complexity index is 538. The lowest BCUT2D eigenvalue weighted by atomic mass is 10.1. The van der Waals surface area contributed by atoms with E-state index in [-0.39, 0.29) is 24.2 Å². The van der Waals surface area contributed by atoms with Crippen molar-refractivity contribution in [1.82, 2.24) is 0 Å². The van der Waals surface area contributed by atoms with Crippen LogP contribution in [0.3, 0.4) is 0 Å². The molecule has 0 saturated heterocycles. The molecule has 0 bridgehead atoms. The highest BCUT2D eigenvalue weighted by Crippen LogP contribution is 2.13. The Balaban J connectivity index is 4.42. The van der Waals surface area contributed by atoms with Crippen LogP contribution in [0.1, 0.15) is 84.0 Å². The molecule has 27 heavy (non-hydrogen) atoms. The summed E-state index contributed by atoms with van der Waals surface area (Å²) in [5.74, 6) is 0. The molecular formula is C20H32N2O5. The van der Waals surface area contributed by atoms with Crippen LogP contribution < -0.4 is 0 Å². The number of rotatable bonds is 17. The molecule has 0 aliphatic heterocycles. The van der Waals surface area contributed by atoms with Gasteiger partial charge in [0.2, 0.25) is 11.4 Å². The van der Waals surface area contributed by atoms with Crippen LogP contribution in [0.25, 0.3) is 0 Å². The smallest absolute Gasteiger partial charge is 0.246 e. The molecular weight excluding hydrogens is 348 g/mol. The normalized spacial score (nSPS) is 12.5. The number of nitrogens with zero attached hydrogens (tertiary/aromatic N) is 2. The third-order valence-corrected chi connectivity index (χ3v) is 4.14. The quantitative estimate of drug-likeness (QED) is 0.105. The van der Waals surface area contributed by atoms with Crippen molar-refractivity contribution in [2.75, 3.05) is 0 Å². The van der Waals surface area contributed by atoms with Gasteiger partial charge in [-0.15, -0.1) is 0 Å². The minimum atomic E-state index is -0.524. The SMILES string of the molecule is CCCCCCCC/C=C/C/C(=C/C/C(=C/CCCC=O)[N+](=O)[O-])[N+](=O)[O-]. The Morgan fingerprint density at radius 1 is 0.741 bits per heavy atom. The van der Waals surface area contributed by atoms with Gasteiger partial charge in [0.15, 0.2) is 0 Å². The van der Waals surface area contributed by atoms with Gasteiger partial charge in [0.05, 0.1) is 22.7 Å². The molecule has 0 fully saturated rings. The molecule has 0 aliphatic carbocycles. The maximum Gasteiger partial charge on any atom is 0.246 e. The minimum Gasteiger partial charge on any atom is -0.303 e. The molecule has 0 saturated carbocycles. The summed E-state index contributed by atoms with van der Waals surface area (Å²) in [7, 11) is 0. The molecule has 0 heterocycles. The predicted octanol–water partition coefficient (Wildman–Crippen LogP) is 5.76. The van der Waals surface area contributed by atoms with E-state index >= 15 is 0 Å². The number of aldehydes is 1. The van der Waals surface area contributed by atoms with Crippen LogP contribution in [-0.2, 0) is 4.79 Å². The van der Waals surface area contributed by atoms with Crippen LogP contribution in [0.4, 0.5) is 0 Å². The Morgan fingerprint density at radius 2 is 1.37 bits per heavy atom. The van der Waals surface area contributed by atoms with Crippen molar-refractivity contribution < 1.29 is 14.6 Å². The van der Waals surface area contributed by atoms with Crippen molar-refractivity contribution in [2.24, 2.45) is 0 Å². The van der Waals surface area contributed by atoms with Crippen molar-refractivity contribution in [1.29, 1.82) is 0 Å². The fraction of sp³-hybridized carbons (Fsp3) is 0.650. The Hall–Kier alpha value is -2.31. The lowest BCUT2D eigenvalue weighted by Gasteiger charge is -1.98. The number of unbranched alkanes of at least 4 members (excludes halogenated alkanes) is 8. The number of hydrogen-bond acceptors (Lipinski definition) is 5. The fourth-order valence-electron chi connectivity index (χ4n) is 2.52. The van der Waals surface area contributed by atoms with Gasteiger partial charge in [-0.25, -0.2) is 0 Å². The van der Waals surface area contributed by atoms with Crippen molar-refractivity contribution in [2.45, 2.75) is 84.0 Å². The zero-order chi connectivity index (χ0) is 20.3. The van der Waals surface area contributed by atoms with Crippen molar-refractivity contribution >= 4 is 6.29 Å². The van der Waals surface area contributed by atoms with Gasteiger partial charge in [-0.1, -0.05) is 51.2 Å². The predicted molar refractivity (Wildman–Crippen MR) is 106 cm³/mol. The number of carbonyl (C=O) groups excluding carboxylic acids is 1. The van der Waals surface area contributed by atoms with Crippen molar-refractivity contribution in [3.05, 3.63) is 55.9 Å². The van der Waals surface area contributed by atoms with E-state index in [1.54, 1.807) is 6.08 Å². The largest absolute Gasteiger partial charge is 0.303 e. The summed E-state index contributed by atoms with van der Waals surface area (Å²) in [5.41, 5.74) is -0.105. The van der Waals surface area contributed by atoms with E-state index in [0.29, 0.717) is 19.3 Å². The minimum absolute atomic E-state index is 0.0326. The number of hydrogen-bond donors (Lipinski definition) is 0. The molecule has 7 nitrogen and oxygen atoms in total. The fourth-order valence-corrected chi connectivity index (χ4v) is 2.52. The van der Waals surface area contributed by atoms with Crippen molar-refractivity contribution in [3.8, 4) is 0 Å². The van der Waals surface area contributed by atoms with Gasteiger partial charge in [-0.05, 0) is 37.8 Å². The summed E-state index contributed by atoms with van der Waals surface area (Å²) < 4.78 is 0. The standard InChI is InChI=1S/C20H32N2O5/c1-2-3-4-5-6-7-8-9-11-14-19(21(24)25)16-17-20(22(26)27)15-12-10-13-18-23/h9,11,15-16,18H,2-8,10,12-14,17H2,1H3/b11-9+,19-16-,20-15-. The van der Waals surface area contributed by atoms with E-state index in [2.05, 4.69) is 6.92 Å². The first kappa shape index (κ1) is 24.7. The Labute approximate surface area is 161 Å². The van der Waals surface area contributed by atoms with E-state index in [1.165, 1.54) is 44.3 Å². The summed E-state index contributed by atoms with van der Waals surface area (Å²) in [5, 5.41) is 22.1. The van der Waals surface area contributed by atoms with E-state index < -0.39 is 9.85 Å². The molecule has 0 radical (unpaired) electrons. The number of carbonyl (C=O) groups is 1. The summed E-state index contributed by atoms with van der Waals surface area (Å²) in [6.07, 6.45) is 16.7. The maximum atomic E-state index is 11.1. The van der Waals surface area contributed by atoms with Crippen LogP contribution in [0.15, 0.2) is 35.7 Å². The molecule has 152 valence electrons. The average molecular weight is 380 g/mol. The van der Waals surface area contributed by atoms with E-state index in [9.17, 15) is 25.0 Å². The molecule has 0 aromatic heterocycles. The molecule has 0 atom stereocenters. The van der Waals surface area contributed by atoms with Gasteiger partial charge < -0.3 is 4.79 Å². The van der Waals surface area contributed by atoms with E-state index in [1.807, 2.05) is 6.08 Å². The Kier molecular flexibility index (Phi) is 15.7. The monoisotopic (exact) mass is 380 g/mol. The first-order valence-electron chi connectivity index (χ1n) is 9.78. The van der Waals surface area contributed by atoms with Crippen molar-refractivity contribution in [3.63, 3.8) is 0 Å². The summed E-state index contributed by atoms with van der Waals surface area (Å²) in [6, 6.07) is 0. The third-order valence-electron chi connectivity index (χ3n) is 4.14. The molecule has 7 heteroatoms. The summed E-state index contributed by atoms with van der Waals surface area (Å²) in [4.78, 5) is 31.4. The van der Waals surface area contributed by atoms with Gasteiger partial charge in [0, 0.05) is 6.42 Å². The molecule has 0 N–H and O–H groups in total. The molecule has 0 spiro atoms. The molecule has 0 rings (SSSR count). The van der Waals surface area contributed by atoms with Crippen LogP contribution in [0.5, 0.6) is 0 Å². The molecule has 0 aromatic rings. The first-order chi connectivity index (χ1) is 13.0. The average Bonchev–Trinajstić information content (AvgIpc) is 2.63. The van der Waals surface area contributed by atoms with Crippen LogP contribution in [0, 0.1) is 20.2 Å². The number of nitro groups is 2. The lowest BCUT2D eigenvalue weighted by molar-refractivity contribution is -0.431. The molecule has 0 aliphatic rings. The van der Waals surface area contributed by atoms with Gasteiger partial charge >= 0.3 is 0 Å². The maximum absolute atomic E-state index is 11.1. The second-order valence-corrected chi connectivity index (χ2v) is 6.44. The Morgan fingerprint density at radius 3 is 2.00 bits per heavy atom. The second-order valence-electron chi connectivity index (χ2n) is 6.44. The summed E-state index contributed by atoms with van der Waals surface area (Å²) >= 11 is 0.